The number of benzene rings is 2. The monoisotopic (exact) mass is 426 g/mol. The average molecular weight is 427 g/mol. The molecule has 0 radical (unpaired) electrons. The standard InChI is InChI=1S/C24H27FN2O2S/c25-20-13-11-18(12-14-20)23(29)27-21(16-30-24(27)19-9-5-2-6-10-19)22(28)26-15-17-7-3-1-4-8-17/h1,3-4,7-8,11-14,19,21,24H,2,5-6,9-10,15-16H2,(H,26,28). The van der Waals surface area contributed by atoms with Crippen LogP contribution in [-0.4, -0.2) is 33.9 Å². The van der Waals surface area contributed by atoms with Crippen LogP contribution in [-0.2, 0) is 11.3 Å². The quantitative estimate of drug-likeness (QED) is 0.760. The number of rotatable bonds is 5. The fourth-order valence-electron chi connectivity index (χ4n) is 4.41. The lowest BCUT2D eigenvalue weighted by Crippen LogP contribution is -2.51. The topological polar surface area (TPSA) is 49.4 Å². The van der Waals surface area contributed by atoms with Gasteiger partial charge in [0, 0.05) is 17.9 Å². The molecule has 2 aromatic carbocycles. The average Bonchev–Trinajstić information content (AvgIpc) is 3.24. The van der Waals surface area contributed by atoms with Crippen LogP contribution >= 0.6 is 11.8 Å². The van der Waals surface area contributed by atoms with Crippen molar-refractivity contribution in [3.05, 3.63) is 71.5 Å². The first kappa shape index (κ1) is 20.9. The molecule has 2 amide bonds. The van der Waals surface area contributed by atoms with Gasteiger partial charge < -0.3 is 10.2 Å². The summed E-state index contributed by atoms with van der Waals surface area (Å²) in [5.74, 6) is 0.313. The highest BCUT2D eigenvalue weighted by Crippen LogP contribution is 2.41. The van der Waals surface area contributed by atoms with Gasteiger partial charge in [0.05, 0.1) is 5.37 Å². The third-order valence-electron chi connectivity index (χ3n) is 6.03. The summed E-state index contributed by atoms with van der Waals surface area (Å²) in [4.78, 5) is 28.3. The number of halogens is 1. The molecule has 4 rings (SSSR count). The molecule has 0 spiro atoms. The summed E-state index contributed by atoms with van der Waals surface area (Å²) in [6.45, 7) is 0.438. The van der Waals surface area contributed by atoms with Crippen LogP contribution < -0.4 is 5.32 Å². The minimum atomic E-state index is -0.511. The fraction of sp³-hybridized carbons (Fsp3) is 0.417. The molecule has 1 saturated heterocycles. The maximum Gasteiger partial charge on any atom is 0.255 e. The molecule has 1 heterocycles. The van der Waals surface area contributed by atoms with Crippen LogP contribution in [0.4, 0.5) is 4.39 Å². The Morgan fingerprint density at radius 3 is 2.40 bits per heavy atom. The van der Waals surface area contributed by atoms with Crippen molar-refractivity contribution in [1.29, 1.82) is 0 Å². The van der Waals surface area contributed by atoms with Gasteiger partial charge >= 0.3 is 0 Å². The third kappa shape index (κ3) is 4.69. The molecule has 2 unspecified atom stereocenters. The van der Waals surface area contributed by atoms with Gasteiger partial charge in [0.25, 0.3) is 5.91 Å². The molecule has 2 aliphatic rings. The largest absolute Gasteiger partial charge is 0.350 e. The minimum absolute atomic E-state index is 0.00433. The van der Waals surface area contributed by atoms with Gasteiger partial charge in [-0.25, -0.2) is 4.39 Å². The molecule has 1 N–H and O–H groups in total. The lowest BCUT2D eigenvalue weighted by Gasteiger charge is -2.35. The smallest absolute Gasteiger partial charge is 0.255 e. The Hall–Kier alpha value is -2.34. The molecule has 1 aliphatic carbocycles. The van der Waals surface area contributed by atoms with Crippen molar-refractivity contribution in [1.82, 2.24) is 10.2 Å². The molecule has 1 saturated carbocycles. The molecular weight excluding hydrogens is 399 g/mol. The lowest BCUT2D eigenvalue weighted by atomic mass is 9.88. The van der Waals surface area contributed by atoms with Crippen molar-refractivity contribution in [2.24, 2.45) is 5.92 Å². The van der Waals surface area contributed by atoms with E-state index < -0.39 is 6.04 Å². The van der Waals surface area contributed by atoms with Gasteiger partial charge in [-0.15, -0.1) is 11.8 Å². The van der Waals surface area contributed by atoms with E-state index in [0.717, 1.165) is 18.4 Å². The zero-order valence-corrected chi connectivity index (χ0v) is 17.7. The zero-order chi connectivity index (χ0) is 20.9. The second kappa shape index (κ2) is 9.65. The number of thioether (sulfide) groups is 1. The molecule has 158 valence electrons. The number of amides is 2. The van der Waals surface area contributed by atoms with Crippen molar-refractivity contribution >= 4 is 23.6 Å². The Morgan fingerprint density at radius 1 is 1.00 bits per heavy atom. The summed E-state index contributed by atoms with van der Waals surface area (Å²) < 4.78 is 13.4. The van der Waals surface area contributed by atoms with Gasteiger partial charge in [-0.2, -0.15) is 0 Å². The van der Waals surface area contributed by atoms with Crippen LogP contribution in [0.3, 0.4) is 0 Å². The van der Waals surface area contributed by atoms with Gasteiger partial charge in [0.15, 0.2) is 0 Å². The minimum Gasteiger partial charge on any atom is -0.350 e. The van der Waals surface area contributed by atoms with Crippen molar-refractivity contribution in [3.63, 3.8) is 0 Å². The highest BCUT2D eigenvalue weighted by Gasteiger charge is 2.45. The zero-order valence-electron chi connectivity index (χ0n) is 16.9. The Labute approximate surface area is 181 Å². The van der Waals surface area contributed by atoms with Gasteiger partial charge in [-0.3, -0.25) is 9.59 Å². The summed E-state index contributed by atoms with van der Waals surface area (Å²) in [5, 5.41) is 3.00. The van der Waals surface area contributed by atoms with Crippen LogP contribution in [0.15, 0.2) is 54.6 Å². The number of carbonyl (C=O) groups excluding carboxylic acids is 2. The normalized spacial score (nSPS) is 22.1. The van der Waals surface area contributed by atoms with E-state index in [-0.39, 0.29) is 23.0 Å². The molecule has 6 heteroatoms. The molecular formula is C24H27FN2O2S. The van der Waals surface area contributed by atoms with Crippen molar-refractivity contribution in [2.45, 2.75) is 50.1 Å². The van der Waals surface area contributed by atoms with Crippen molar-refractivity contribution in [2.75, 3.05) is 5.75 Å². The predicted octanol–water partition coefficient (Wildman–Crippen LogP) is 4.61. The number of nitrogens with one attached hydrogen (secondary N) is 1. The van der Waals surface area contributed by atoms with Crippen molar-refractivity contribution < 1.29 is 14.0 Å². The maximum atomic E-state index is 13.4. The lowest BCUT2D eigenvalue weighted by molar-refractivity contribution is -0.125. The van der Waals surface area contributed by atoms with E-state index >= 15 is 0 Å². The van der Waals surface area contributed by atoms with Crippen LogP contribution in [0.5, 0.6) is 0 Å². The van der Waals surface area contributed by atoms with E-state index in [1.807, 2.05) is 30.3 Å². The third-order valence-corrected chi connectivity index (χ3v) is 7.49. The van der Waals surface area contributed by atoms with E-state index in [4.69, 9.17) is 0 Å². The molecule has 0 bridgehead atoms. The predicted molar refractivity (Wildman–Crippen MR) is 117 cm³/mol. The van der Waals surface area contributed by atoms with Crippen LogP contribution in [0.25, 0.3) is 0 Å². The number of hydrogen-bond donors (Lipinski definition) is 1. The van der Waals surface area contributed by atoms with Gasteiger partial charge in [0.2, 0.25) is 5.91 Å². The Balaban J connectivity index is 1.53. The van der Waals surface area contributed by atoms with E-state index in [0.29, 0.717) is 23.8 Å². The number of hydrogen-bond acceptors (Lipinski definition) is 3. The van der Waals surface area contributed by atoms with Crippen LogP contribution in [0.1, 0.15) is 48.0 Å². The van der Waals surface area contributed by atoms with E-state index in [9.17, 15) is 14.0 Å². The summed E-state index contributed by atoms with van der Waals surface area (Å²) in [7, 11) is 0. The SMILES string of the molecule is O=C(NCc1ccccc1)C1CSC(C2CCCCC2)N1C(=O)c1ccc(F)cc1. The fourth-order valence-corrected chi connectivity index (χ4v) is 6.05. The molecule has 30 heavy (non-hydrogen) atoms. The Kier molecular flexibility index (Phi) is 6.72. The summed E-state index contributed by atoms with van der Waals surface area (Å²) in [5.41, 5.74) is 1.46. The number of carbonyl (C=O) groups is 2. The van der Waals surface area contributed by atoms with E-state index in [2.05, 4.69) is 5.32 Å². The highest BCUT2D eigenvalue weighted by molar-refractivity contribution is 8.00. The van der Waals surface area contributed by atoms with E-state index in [1.54, 1.807) is 16.7 Å². The van der Waals surface area contributed by atoms with Crippen LogP contribution in [0.2, 0.25) is 0 Å². The first-order valence-electron chi connectivity index (χ1n) is 10.6. The van der Waals surface area contributed by atoms with Gasteiger partial charge in [0.1, 0.15) is 11.9 Å². The molecule has 2 fully saturated rings. The van der Waals surface area contributed by atoms with Gasteiger partial charge in [-0.1, -0.05) is 49.6 Å². The molecule has 2 aromatic rings. The molecule has 0 aromatic heterocycles. The summed E-state index contributed by atoms with van der Waals surface area (Å²) in [6, 6.07) is 14.9. The molecule has 4 nitrogen and oxygen atoms in total. The molecule has 2 atom stereocenters. The molecule has 1 aliphatic heterocycles. The van der Waals surface area contributed by atoms with E-state index in [1.165, 1.54) is 43.5 Å². The first-order valence-corrected chi connectivity index (χ1v) is 11.7. The Bertz CT molecular complexity index is 869. The second-order valence-corrected chi connectivity index (χ2v) is 9.21. The number of nitrogens with zero attached hydrogens (tertiary/aromatic N) is 1. The van der Waals surface area contributed by atoms with Crippen molar-refractivity contribution in [3.8, 4) is 0 Å². The first-order chi connectivity index (χ1) is 14.6. The summed E-state index contributed by atoms with van der Waals surface area (Å²) >= 11 is 1.71. The van der Waals surface area contributed by atoms with Gasteiger partial charge in [-0.05, 0) is 48.6 Å². The Morgan fingerprint density at radius 2 is 1.70 bits per heavy atom. The maximum absolute atomic E-state index is 13.4. The second-order valence-electron chi connectivity index (χ2n) is 8.06. The highest BCUT2D eigenvalue weighted by atomic mass is 32.2. The van der Waals surface area contributed by atoms with Crippen LogP contribution in [0, 0.1) is 11.7 Å². The summed E-state index contributed by atoms with van der Waals surface area (Å²) in [6.07, 6.45) is 5.75.